The monoisotopic (exact) mass is 358 g/mol. The fraction of sp³-hybridized carbons (Fsp3) is 0.571. The second-order valence-corrected chi connectivity index (χ2v) is 6.96. The van der Waals surface area contributed by atoms with Crippen LogP contribution in [0.2, 0.25) is 5.02 Å². The molecule has 3 N–H and O–H groups in total. The van der Waals surface area contributed by atoms with E-state index in [9.17, 15) is 19.5 Å². The highest BCUT2D eigenvalue weighted by atomic mass is 35.5. The third kappa shape index (κ3) is 3.78. The molecule has 2 rings (SSSR count). The van der Waals surface area contributed by atoms with Crippen LogP contribution in [0.15, 0.2) is 11.0 Å². The van der Waals surface area contributed by atoms with E-state index >= 15 is 0 Å². The summed E-state index contributed by atoms with van der Waals surface area (Å²) >= 11 is 5.95. The summed E-state index contributed by atoms with van der Waals surface area (Å²) in [6, 6.07) is 0. The van der Waals surface area contributed by atoms with Crippen LogP contribution in [0, 0.1) is 0 Å². The first-order chi connectivity index (χ1) is 11.0. The maximum absolute atomic E-state index is 12.0. The number of nitrogens with zero attached hydrogens (tertiary/aromatic N) is 2. The highest BCUT2D eigenvalue weighted by Crippen LogP contribution is 2.30. The maximum atomic E-state index is 12.0. The van der Waals surface area contributed by atoms with Crippen molar-refractivity contribution >= 4 is 29.4 Å². The molecule has 9 nitrogen and oxygen atoms in total. The van der Waals surface area contributed by atoms with E-state index in [4.69, 9.17) is 16.3 Å². The molecule has 0 bridgehead atoms. The van der Waals surface area contributed by atoms with Crippen LogP contribution in [0.25, 0.3) is 0 Å². The number of carboxylic acid groups (broad SMARTS) is 1. The molecule has 1 aromatic rings. The Morgan fingerprint density at radius 3 is 2.75 bits per heavy atom. The third-order valence-corrected chi connectivity index (χ3v) is 3.90. The van der Waals surface area contributed by atoms with E-state index in [2.05, 4.69) is 15.5 Å². The lowest BCUT2D eigenvalue weighted by atomic mass is 9.99. The summed E-state index contributed by atoms with van der Waals surface area (Å²) in [4.78, 5) is 36.9. The predicted octanol–water partition coefficient (Wildman–Crippen LogP) is 0.981. The second-order valence-electron chi connectivity index (χ2n) is 6.58. The van der Waals surface area contributed by atoms with Gasteiger partial charge in [0.05, 0.1) is 18.4 Å². The number of amides is 1. The van der Waals surface area contributed by atoms with E-state index in [-0.39, 0.29) is 24.5 Å². The van der Waals surface area contributed by atoms with E-state index in [1.54, 1.807) is 25.7 Å². The number of rotatable bonds is 3. The van der Waals surface area contributed by atoms with Crippen LogP contribution in [0.3, 0.4) is 0 Å². The average Bonchev–Trinajstić information content (AvgIpc) is 2.85. The minimum atomic E-state index is -1.53. The van der Waals surface area contributed by atoms with Gasteiger partial charge in [0.25, 0.3) is 5.56 Å². The number of carbonyl (C=O) groups excluding carboxylic acids is 1. The molecule has 1 fully saturated rings. The molecule has 1 saturated heterocycles. The minimum Gasteiger partial charge on any atom is -0.479 e. The van der Waals surface area contributed by atoms with Crippen molar-refractivity contribution in [2.75, 3.05) is 18.0 Å². The molecular weight excluding hydrogens is 340 g/mol. The summed E-state index contributed by atoms with van der Waals surface area (Å²) in [5.74, 6) is -1.19. The lowest BCUT2D eigenvalue weighted by molar-refractivity contribution is -0.143. The number of carbonyl (C=O) groups is 2. The van der Waals surface area contributed by atoms with Crippen molar-refractivity contribution in [3.05, 3.63) is 21.6 Å². The molecule has 2 heterocycles. The lowest BCUT2D eigenvalue weighted by Crippen LogP contribution is -2.57. The molecule has 1 unspecified atom stereocenters. The van der Waals surface area contributed by atoms with Gasteiger partial charge >= 0.3 is 12.1 Å². The molecule has 10 heteroatoms. The van der Waals surface area contributed by atoms with E-state index < -0.39 is 28.8 Å². The number of alkyl carbamates (subject to hydrolysis) is 1. The molecular formula is C14H19ClN4O5. The molecule has 132 valence electrons. The van der Waals surface area contributed by atoms with Gasteiger partial charge in [0.15, 0.2) is 5.54 Å². The zero-order valence-corrected chi connectivity index (χ0v) is 14.3. The number of halogens is 1. The molecule has 1 aliphatic heterocycles. The third-order valence-electron chi connectivity index (χ3n) is 3.54. The Morgan fingerprint density at radius 2 is 2.17 bits per heavy atom. The van der Waals surface area contributed by atoms with E-state index in [1.165, 1.54) is 6.20 Å². The van der Waals surface area contributed by atoms with Crippen LogP contribution in [0.5, 0.6) is 0 Å². The first kappa shape index (κ1) is 18.1. The van der Waals surface area contributed by atoms with Crippen molar-refractivity contribution in [2.45, 2.75) is 38.3 Å². The first-order valence-electron chi connectivity index (χ1n) is 7.27. The van der Waals surface area contributed by atoms with Crippen molar-refractivity contribution in [3.63, 3.8) is 0 Å². The van der Waals surface area contributed by atoms with Crippen LogP contribution in [0.4, 0.5) is 10.5 Å². The number of anilines is 1. The van der Waals surface area contributed by atoms with Gasteiger partial charge < -0.3 is 20.1 Å². The normalized spacial score (nSPS) is 20.8. The Labute approximate surface area is 142 Å². The molecule has 1 aliphatic rings. The van der Waals surface area contributed by atoms with Gasteiger partial charge in [0.1, 0.15) is 10.6 Å². The van der Waals surface area contributed by atoms with Crippen molar-refractivity contribution in [1.29, 1.82) is 0 Å². The van der Waals surface area contributed by atoms with Gasteiger partial charge in [-0.15, -0.1) is 0 Å². The zero-order valence-electron chi connectivity index (χ0n) is 13.6. The Morgan fingerprint density at radius 1 is 1.50 bits per heavy atom. The largest absolute Gasteiger partial charge is 0.479 e. The molecule has 24 heavy (non-hydrogen) atoms. The summed E-state index contributed by atoms with van der Waals surface area (Å²) in [7, 11) is 0. The quantitative estimate of drug-likeness (QED) is 0.735. The number of ether oxygens (including phenoxy) is 1. The molecule has 0 aromatic carbocycles. The second kappa shape index (κ2) is 6.31. The summed E-state index contributed by atoms with van der Waals surface area (Å²) in [6.07, 6.45) is 0.654. The van der Waals surface area contributed by atoms with E-state index in [0.717, 1.165) is 0 Å². The van der Waals surface area contributed by atoms with Gasteiger partial charge in [-0.2, -0.15) is 5.10 Å². The van der Waals surface area contributed by atoms with Gasteiger partial charge in [-0.1, -0.05) is 11.6 Å². The number of aromatic amines is 1. The Kier molecular flexibility index (Phi) is 4.75. The van der Waals surface area contributed by atoms with Crippen LogP contribution in [0.1, 0.15) is 27.2 Å². The number of aliphatic carboxylic acids is 1. The Hall–Kier alpha value is -2.29. The van der Waals surface area contributed by atoms with Crippen LogP contribution in [-0.4, -0.2) is 51.6 Å². The summed E-state index contributed by atoms with van der Waals surface area (Å²) in [5.41, 5.74) is -2.53. The average molecular weight is 359 g/mol. The van der Waals surface area contributed by atoms with Crippen LogP contribution >= 0.6 is 11.6 Å². The van der Waals surface area contributed by atoms with Crippen molar-refractivity contribution in [2.24, 2.45) is 0 Å². The summed E-state index contributed by atoms with van der Waals surface area (Å²) in [5, 5.41) is 17.8. The summed E-state index contributed by atoms with van der Waals surface area (Å²) < 4.78 is 5.13. The first-order valence-corrected chi connectivity index (χ1v) is 7.64. The number of carboxylic acids is 1. The molecule has 0 aliphatic carbocycles. The molecule has 1 aromatic heterocycles. The van der Waals surface area contributed by atoms with Gasteiger partial charge in [-0.05, 0) is 20.8 Å². The number of H-pyrrole nitrogens is 1. The van der Waals surface area contributed by atoms with Gasteiger partial charge in [0, 0.05) is 13.0 Å². The van der Waals surface area contributed by atoms with Crippen LogP contribution < -0.4 is 15.8 Å². The molecule has 1 atom stereocenters. The Bertz CT molecular complexity index is 714. The number of nitrogens with one attached hydrogen (secondary N) is 2. The fourth-order valence-corrected chi connectivity index (χ4v) is 2.65. The lowest BCUT2D eigenvalue weighted by Gasteiger charge is -2.28. The van der Waals surface area contributed by atoms with Gasteiger partial charge in [0.2, 0.25) is 0 Å². The van der Waals surface area contributed by atoms with Gasteiger partial charge in [-0.3, -0.25) is 4.79 Å². The standard InChI is InChI=1S/C14H19ClN4O5/c1-13(2,3)24-12(23)17-14(11(21)22)4-5-19(7-14)8-6-16-18-10(20)9(8)15/h6H,4-5,7H2,1-3H3,(H,17,23)(H,18,20)(H,21,22). The van der Waals surface area contributed by atoms with E-state index in [1.807, 2.05) is 0 Å². The number of hydrogen-bond acceptors (Lipinski definition) is 6. The molecule has 0 radical (unpaired) electrons. The van der Waals surface area contributed by atoms with Crippen molar-refractivity contribution < 1.29 is 19.4 Å². The van der Waals surface area contributed by atoms with Crippen molar-refractivity contribution in [3.8, 4) is 0 Å². The van der Waals surface area contributed by atoms with E-state index in [0.29, 0.717) is 5.69 Å². The topological polar surface area (TPSA) is 125 Å². The zero-order chi connectivity index (χ0) is 18.1. The van der Waals surface area contributed by atoms with Crippen LogP contribution in [-0.2, 0) is 9.53 Å². The molecule has 0 spiro atoms. The molecule has 0 saturated carbocycles. The smallest absolute Gasteiger partial charge is 0.408 e. The minimum absolute atomic E-state index is 0.0631. The fourth-order valence-electron chi connectivity index (χ4n) is 2.44. The predicted molar refractivity (Wildman–Crippen MR) is 86.4 cm³/mol. The maximum Gasteiger partial charge on any atom is 0.408 e. The number of aromatic nitrogens is 2. The number of hydrogen-bond donors (Lipinski definition) is 3. The highest BCUT2D eigenvalue weighted by molar-refractivity contribution is 6.33. The SMILES string of the molecule is CC(C)(C)OC(=O)NC1(C(=O)O)CCN(c2cn[nH]c(=O)c2Cl)C1. The highest BCUT2D eigenvalue weighted by Gasteiger charge is 2.47. The van der Waals surface area contributed by atoms with Gasteiger partial charge in [-0.25, -0.2) is 14.7 Å². The molecule has 1 amide bonds. The Balaban J connectivity index is 2.21. The summed E-state index contributed by atoms with van der Waals surface area (Å²) in [6.45, 7) is 5.27. The van der Waals surface area contributed by atoms with Crippen molar-refractivity contribution in [1.82, 2.24) is 15.5 Å².